The number of hydrogen-bond acceptors (Lipinski definition) is 6. The fraction of sp³-hybridized carbons (Fsp3) is 0.333. The molecule has 0 aliphatic carbocycles. The summed E-state index contributed by atoms with van der Waals surface area (Å²) in [5, 5.41) is 8.01. The minimum Gasteiger partial charge on any atom is -0.444 e. The number of aromatic nitrogens is 4. The predicted octanol–water partition coefficient (Wildman–Crippen LogP) is 3.31. The summed E-state index contributed by atoms with van der Waals surface area (Å²) in [5.41, 5.74) is 8.07. The third-order valence-corrected chi connectivity index (χ3v) is 3.61. The van der Waals surface area contributed by atoms with Gasteiger partial charge < -0.3 is 10.5 Å². The average Bonchev–Trinajstić information content (AvgIpc) is 2.93. The molecule has 26 heavy (non-hydrogen) atoms. The van der Waals surface area contributed by atoms with Crippen LogP contribution in [0.5, 0.6) is 0 Å². The molecular weight excluding hydrogens is 332 g/mol. The standard InChI is InChI=1S/C18H22N6O2/c1-5-13-14-15(22-17(25)26-18(2,3)4)20-10-21-16(14)24(23-13)12-8-6-7-11(19)9-12/h6-10H,5,19H2,1-4H3,(H,20,21,22,25). The van der Waals surface area contributed by atoms with Crippen molar-refractivity contribution in [1.82, 2.24) is 19.7 Å². The Morgan fingerprint density at radius 3 is 2.73 bits per heavy atom. The summed E-state index contributed by atoms with van der Waals surface area (Å²) in [6.07, 6.45) is 1.47. The highest BCUT2D eigenvalue weighted by atomic mass is 16.6. The van der Waals surface area contributed by atoms with E-state index in [0.29, 0.717) is 29.0 Å². The highest BCUT2D eigenvalue weighted by Gasteiger charge is 2.21. The number of nitrogens with zero attached hydrogens (tertiary/aromatic N) is 4. The van der Waals surface area contributed by atoms with Crippen LogP contribution >= 0.6 is 0 Å². The van der Waals surface area contributed by atoms with E-state index in [1.807, 2.05) is 25.1 Å². The first-order valence-corrected chi connectivity index (χ1v) is 8.37. The van der Waals surface area contributed by atoms with Gasteiger partial charge in [-0.2, -0.15) is 5.10 Å². The van der Waals surface area contributed by atoms with Gasteiger partial charge in [0.2, 0.25) is 0 Å². The van der Waals surface area contributed by atoms with Crippen molar-refractivity contribution in [3.05, 3.63) is 36.3 Å². The van der Waals surface area contributed by atoms with Crippen LogP contribution in [-0.2, 0) is 11.2 Å². The molecule has 0 aliphatic rings. The molecule has 0 bridgehead atoms. The van der Waals surface area contributed by atoms with Gasteiger partial charge >= 0.3 is 6.09 Å². The van der Waals surface area contributed by atoms with Crippen LogP contribution in [0.3, 0.4) is 0 Å². The maximum absolute atomic E-state index is 12.2. The predicted molar refractivity (Wildman–Crippen MR) is 100 cm³/mol. The highest BCUT2D eigenvalue weighted by molar-refractivity contribution is 5.97. The highest BCUT2D eigenvalue weighted by Crippen LogP contribution is 2.27. The molecule has 8 heteroatoms. The molecule has 136 valence electrons. The van der Waals surface area contributed by atoms with Crippen molar-refractivity contribution in [3.63, 3.8) is 0 Å². The number of nitrogens with one attached hydrogen (secondary N) is 1. The summed E-state index contributed by atoms with van der Waals surface area (Å²) < 4.78 is 7.02. The van der Waals surface area contributed by atoms with Crippen LogP contribution in [-0.4, -0.2) is 31.4 Å². The quantitative estimate of drug-likeness (QED) is 0.699. The molecule has 2 aromatic heterocycles. The van der Waals surface area contributed by atoms with Crippen molar-refractivity contribution in [1.29, 1.82) is 0 Å². The molecule has 0 unspecified atom stereocenters. The van der Waals surface area contributed by atoms with E-state index >= 15 is 0 Å². The summed E-state index contributed by atoms with van der Waals surface area (Å²) in [4.78, 5) is 20.7. The van der Waals surface area contributed by atoms with Crippen molar-refractivity contribution in [3.8, 4) is 5.69 Å². The summed E-state index contributed by atoms with van der Waals surface area (Å²) in [6.45, 7) is 7.39. The number of nitrogen functional groups attached to an aromatic ring is 1. The average molecular weight is 354 g/mol. The van der Waals surface area contributed by atoms with Crippen molar-refractivity contribution in [2.75, 3.05) is 11.1 Å². The first-order valence-electron chi connectivity index (χ1n) is 8.37. The number of rotatable bonds is 3. The Hall–Kier alpha value is -3.16. The zero-order valence-corrected chi connectivity index (χ0v) is 15.3. The lowest BCUT2D eigenvalue weighted by molar-refractivity contribution is 0.0635. The largest absolute Gasteiger partial charge is 0.444 e. The second-order valence-corrected chi connectivity index (χ2v) is 6.85. The van der Waals surface area contributed by atoms with Gasteiger partial charge in [-0.3, -0.25) is 5.32 Å². The van der Waals surface area contributed by atoms with Gasteiger partial charge in [-0.25, -0.2) is 19.4 Å². The number of hydrogen-bond donors (Lipinski definition) is 2. The van der Waals surface area contributed by atoms with Crippen LogP contribution in [0.2, 0.25) is 0 Å². The smallest absolute Gasteiger partial charge is 0.413 e. The van der Waals surface area contributed by atoms with Crippen LogP contribution in [0.4, 0.5) is 16.3 Å². The van der Waals surface area contributed by atoms with Crippen LogP contribution in [0.15, 0.2) is 30.6 Å². The van der Waals surface area contributed by atoms with Gasteiger partial charge in [-0.05, 0) is 45.4 Å². The van der Waals surface area contributed by atoms with Gasteiger partial charge in [-0.15, -0.1) is 0 Å². The molecule has 0 aliphatic heterocycles. The Morgan fingerprint density at radius 2 is 2.08 bits per heavy atom. The maximum Gasteiger partial charge on any atom is 0.413 e. The Kier molecular flexibility index (Phi) is 4.50. The van der Waals surface area contributed by atoms with E-state index in [1.54, 1.807) is 31.5 Å². The van der Waals surface area contributed by atoms with Crippen LogP contribution in [0.1, 0.15) is 33.4 Å². The Bertz CT molecular complexity index is 958. The molecule has 3 aromatic rings. The molecule has 1 aromatic carbocycles. The van der Waals surface area contributed by atoms with Gasteiger partial charge in [0.05, 0.1) is 16.8 Å². The number of carbonyl (C=O) groups excluding carboxylic acids is 1. The van der Waals surface area contributed by atoms with E-state index in [2.05, 4.69) is 20.4 Å². The molecule has 3 N–H and O–H groups in total. The normalized spacial score (nSPS) is 11.5. The summed E-state index contributed by atoms with van der Waals surface area (Å²) in [5.74, 6) is 0.372. The minimum atomic E-state index is -0.602. The summed E-state index contributed by atoms with van der Waals surface area (Å²) in [6, 6.07) is 7.37. The Labute approximate surface area is 151 Å². The van der Waals surface area contributed by atoms with Crippen LogP contribution in [0.25, 0.3) is 16.7 Å². The molecule has 0 atom stereocenters. The van der Waals surface area contributed by atoms with Crippen molar-refractivity contribution >= 4 is 28.6 Å². The fourth-order valence-electron chi connectivity index (χ4n) is 2.60. The Balaban J connectivity index is 2.08. The lowest BCUT2D eigenvalue weighted by Crippen LogP contribution is -2.27. The van der Waals surface area contributed by atoms with Crippen LogP contribution < -0.4 is 11.1 Å². The molecule has 8 nitrogen and oxygen atoms in total. The van der Waals surface area contributed by atoms with E-state index in [4.69, 9.17) is 10.5 Å². The van der Waals surface area contributed by atoms with Gasteiger partial charge in [0.15, 0.2) is 5.65 Å². The first kappa shape index (κ1) is 17.7. The second kappa shape index (κ2) is 6.62. The van der Waals surface area contributed by atoms with Crippen molar-refractivity contribution in [2.45, 2.75) is 39.7 Å². The number of fused-ring (bicyclic) bond motifs is 1. The summed E-state index contributed by atoms with van der Waals surface area (Å²) in [7, 11) is 0. The van der Waals surface area contributed by atoms with E-state index in [-0.39, 0.29) is 0 Å². The molecule has 3 rings (SSSR count). The molecule has 2 heterocycles. The number of ether oxygens (including phenoxy) is 1. The second-order valence-electron chi connectivity index (χ2n) is 6.85. The monoisotopic (exact) mass is 354 g/mol. The molecular formula is C18H22N6O2. The number of carbonyl (C=O) groups is 1. The third kappa shape index (κ3) is 3.58. The molecule has 0 fully saturated rings. The lowest BCUT2D eigenvalue weighted by Gasteiger charge is -2.19. The van der Waals surface area contributed by atoms with Gasteiger partial charge in [0, 0.05) is 5.69 Å². The number of benzene rings is 1. The Morgan fingerprint density at radius 1 is 1.31 bits per heavy atom. The minimum absolute atomic E-state index is 0.372. The SMILES string of the molecule is CCc1nn(-c2cccc(N)c2)c2ncnc(NC(=O)OC(C)(C)C)c12. The molecule has 1 amide bonds. The number of aryl methyl sites for hydroxylation is 1. The zero-order chi connectivity index (χ0) is 18.9. The van der Waals surface area contributed by atoms with E-state index < -0.39 is 11.7 Å². The molecule has 0 spiro atoms. The number of anilines is 2. The first-order chi connectivity index (χ1) is 12.3. The third-order valence-electron chi connectivity index (χ3n) is 3.61. The zero-order valence-electron chi connectivity index (χ0n) is 15.3. The van der Waals surface area contributed by atoms with Crippen LogP contribution in [0, 0.1) is 0 Å². The summed E-state index contributed by atoms with van der Waals surface area (Å²) >= 11 is 0. The fourth-order valence-corrected chi connectivity index (χ4v) is 2.60. The van der Waals surface area contributed by atoms with Crippen molar-refractivity contribution < 1.29 is 9.53 Å². The van der Waals surface area contributed by atoms with Gasteiger partial charge in [-0.1, -0.05) is 13.0 Å². The number of amides is 1. The maximum atomic E-state index is 12.2. The number of nitrogens with two attached hydrogens (primary N) is 1. The molecule has 0 radical (unpaired) electrons. The van der Waals surface area contributed by atoms with Gasteiger partial charge in [0.25, 0.3) is 0 Å². The topological polar surface area (TPSA) is 108 Å². The van der Waals surface area contributed by atoms with E-state index in [9.17, 15) is 4.79 Å². The van der Waals surface area contributed by atoms with E-state index in [1.165, 1.54) is 6.33 Å². The van der Waals surface area contributed by atoms with Gasteiger partial charge in [0.1, 0.15) is 17.7 Å². The molecule has 0 saturated heterocycles. The molecule has 0 saturated carbocycles. The van der Waals surface area contributed by atoms with E-state index in [0.717, 1.165) is 11.4 Å². The van der Waals surface area contributed by atoms with Crippen molar-refractivity contribution in [2.24, 2.45) is 0 Å². The lowest BCUT2D eigenvalue weighted by atomic mass is 10.2.